The molecule has 0 aliphatic rings. The van der Waals surface area contributed by atoms with Crippen LogP contribution in [0.2, 0.25) is 10.0 Å². The monoisotopic (exact) mass is 308 g/mol. The van der Waals surface area contributed by atoms with Crippen molar-refractivity contribution in [2.75, 3.05) is 12.8 Å². The molecule has 20 heavy (non-hydrogen) atoms. The van der Waals surface area contributed by atoms with Gasteiger partial charge in [0.25, 0.3) is 0 Å². The Labute approximate surface area is 124 Å². The maximum Gasteiger partial charge on any atom is 0.207 e. The average Bonchev–Trinajstić information content (AvgIpc) is 2.73. The molecule has 2 N–H and O–H groups in total. The second-order valence-electron chi connectivity index (χ2n) is 4.12. The summed E-state index contributed by atoms with van der Waals surface area (Å²) in [6.45, 7) is 0. The van der Waals surface area contributed by atoms with Crippen molar-refractivity contribution >= 4 is 40.3 Å². The molecule has 0 bridgehead atoms. The van der Waals surface area contributed by atoms with Crippen LogP contribution in [0, 0.1) is 0 Å². The number of rotatable bonds is 2. The van der Waals surface area contributed by atoms with Gasteiger partial charge in [0.15, 0.2) is 5.65 Å². The van der Waals surface area contributed by atoms with E-state index in [1.807, 2.05) is 0 Å². The van der Waals surface area contributed by atoms with E-state index in [0.717, 1.165) is 0 Å². The van der Waals surface area contributed by atoms with Crippen molar-refractivity contribution in [1.29, 1.82) is 0 Å². The van der Waals surface area contributed by atoms with E-state index in [2.05, 4.69) is 9.97 Å². The van der Waals surface area contributed by atoms with Gasteiger partial charge in [-0.3, -0.25) is 4.57 Å². The minimum Gasteiger partial charge on any atom is -0.495 e. The second kappa shape index (κ2) is 4.85. The molecule has 0 aliphatic heterocycles. The van der Waals surface area contributed by atoms with E-state index in [4.69, 9.17) is 33.7 Å². The summed E-state index contributed by atoms with van der Waals surface area (Å²) in [4.78, 5) is 8.52. The molecule has 0 fully saturated rings. The Bertz CT molecular complexity index is 800. The minimum atomic E-state index is 0.287. The van der Waals surface area contributed by atoms with Gasteiger partial charge in [-0.2, -0.15) is 0 Å². The van der Waals surface area contributed by atoms with E-state index < -0.39 is 0 Å². The second-order valence-corrected chi connectivity index (χ2v) is 4.99. The van der Waals surface area contributed by atoms with Crippen LogP contribution >= 0.6 is 23.2 Å². The van der Waals surface area contributed by atoms with Crippen molar-refractivity contribution in [3.63, 3.8) is 0 Å². The number of nitrogen functional groups attached to an aromatic ring is 1. The quantitative estimate of drug-likeness (QED) is 0.788. The van der Waals surface area contributed by atoms with Crippen LogP contribution in [0.5, 0.6) is 5.75 Å². The lowest BCUT2D eigenvalue weighted by molar-refractivity contribution is 0.413. The van der Waals surface area contributed by atoms with Gasteiger partial charge in [-0.1, -0.05) is 23.2 Å². The number of ether oxygens (including phenoxy) is 1. The number of anilines is 1. The Morgan fingerprint density at radius 2 is 2.00 bits per heavy atom. The molecule has 2 aromatic heterocycles. The molecule has 0 amide bonds. The zero-order chi connectivity index (χ0) is 14.3. The van der Waals surface area contributed by atoms with E-state index in [0.29, 0.717) is 32.6 Å². The number of nitrogens with zero attached hydrogens (tertiary/aromatic N) is 3. The Kier molecular flexibility index (Phi) is 3.16. The summed E-state index contributed by atoms with van der Waals surface area (Å²) in [7, 11) is 1.58. The molecule has 2 heterocycles. The summed E-state index contributed by atoms with van der Waals surface area (Å²) < 4.78 is 7.01. The highest BCUT2D eigenvalue weighted by Crippen LogP contribution is 2.31. The SMILES string of the molecule is COc1ccc(Cl)cc1-n1c(N)nc2cc(Cl)cnc21. The van der Waals surface area contributed by atoms with E-state index >= 15 is 0 Å². The lowest BCUT2D eigenvalue weighted by Crippen LogP contribution is -2.03. The third-order valence-corrected chi connectivity index (χ3v) is 3.31. The number of halogens is 2. The molecule has 5 nitrogen and oxygen atoms in total. The standard InChI is InChI=1S/C13H10Cl2N4O/c1-20-11-3-2-7(14)5-10(11)19-12-9(18-13(19)16)4-8(15)6-17-12/h2-6H,1H3,(H2,16,18). The summed E-state index contributed by atoms with van der Waals surface area (Å²) in [6, 6.07) is 6.95. The highest BCUT2D eigenvalue weighted by Gasteiger charge is 2.15. The first-order valence-electron chi connectivity index (χ1n) is 5.73. The minimum absolute atomic E-state index is 0.287. The molecule has 0 aliphatic carbocycles. The molecule has 102 valence electrons. The van der Waals surface area contributed by atoms with Crippen LogP contribution in [0.15, 0.2) is 30.5 Å². The van der Waals surface area contributed by atoms with E-state index in [1.54, 1.807) is 42.1 Å². The fourth-order valence-corrected chi connectivity index (χ4v) is 2.35. The first kappa shape index (κ1) is 13.0. The van der Waals surface area contributed by atoms with Crippen LogP contribution in [0.25, 0.3) is 16.9 Å². The Hall–Kier alpha value is -1.98. The van der Waals surface area contributed by atoms with Crippen molar-refractivity contribution in [1.82, 2.24) is 14.5 Å². The van der Waals surface area contributed by atoms with Crippen molar-refractivity contribution < 1.29 is 4.74 Å². The molecule has 0 saturated carbocycles. The molecule has 1 aromatic carbocycles. The number of hydrogen-bond acceptors (Lipinski definition) is 4. The first-order valence-corrected chi connectivity index (χ1v) is 6.49. The van der Waals surface area contributed by atoms with Crippen LogP contribution in [0.4, 0.5) is 5.95 Å². The van der Waals surface area contributed by atoms with Gasteiger partial charge in [-0.25, -0.2) is 9.97 Å². The van der Waals surface area contributed by atoms with Crippen molar-refractivity contribution in [3.8, 4) is 11.4 Å². The smallest absolute Gasteiger partial charge is 0.207 e. The highest BCUT2D eigenvalue weighted by atomic mass is 35.5. The number of imidazole rings is 1. The van der Waals surface area contributed by atoms with Gasteiger partial charge in [-0.15, -0.1) is 0 Å². The molecule has 0 saturated heterocycles. The first-order chi connectivity index (χ1) is 9.60. The predicted molar refractivity (Wildman–Crippen MR) is 79.8 cm³/mol. The van der Waals surface area contributed by atoms with E-state index in [9.17, 15) is 0 Å². The number of methoxy groups -OCH3 is 1. The molecule has 0 radical (unpaired) electrons. The number of nitrogens with two attached hydrogens (primary N) is 1. The average molecular weight is 309 g/mol. The van der Waals surface area contributed by atoms with Crippen molar-refractivity contribution in [2.45, 2.75) is 0 Å². The molecular weight excluding hydrogens is 299 g/mol. The molecule has 3 aromatic rings. The van der Waals surface area contributed by atoms with E-state index in [1.165, 1.54) is 0 Å². The van der Waals surface area contributed by atoms with Gasteiger partial charge in [0.2, 0.25) is 5.95 Å². The number of benzene rings is 1. The van der Waals surface area contributed by atoms with Crippen LogP contribution in [0.1, 0.15) is 0 Å². The number of hydrogen-bond donors (Lipinski definition) is 1. The van der Waals surface area contributed by atoms with Gasteiger partial charge in [-0.05, 0) is 24.3 Å². The molecule has 3 rings (SSSR count). The van der Waals surface area contributed by atoms with Gasteiger partial charge >= 0.3 is 0 Å². The normalized spacial score (nSPS) is 10.9. The summed E-state index contributed by atoms with van der Waals surface area (Å²) in [5.41, 5.74) is 7.85. The Balaban J connectivity index is 2.34. The summed E-state index contributed by atoms with van der Waals surface area (Å²) in [5.74, 6) is 0.910. The molecular formula is C13H10Cl2N4O. The largest absolute Gasteiger partial charge is 0.495 e. The zero-order valence-corrected chi connectivity index (χ0v) is 12.0. The Morgan fingerprint density at radius 3 is 2.75 bits per heavy atom. The van der Waals surface area contributed by atoms with E-state index in [-0.39, 0.29) is 5.95 Å². The zero-order valence-electron chi connectivity index (χ0n) is 10.5. The lowest BCUT2D eigenvalue weighted by atomic mass is 10.3. The lowest BCUT2D eigenvalue weighted by Gasteiger charge is -2.11. The fourth-order valence-electron chi connectivity index (χ4n) is 2.03. The Morgan fingerprint density at radius 1 is 1.20 bits per heavy atom. The van der Waals surface area contributed by atoms with Gasteiger partial charge in [0.1, 0.15) is 11.3 Å². The molecule has 0 unspecified atom stereocenters. The third-order valence-electron chi connectivity index (χ3n) is 2.87. The third kappa shape index (κ3) is 2.05. The molecule has 0 atom stereocenters. The highest BCUT2D eigenvalue weighted by molar-refractivity contribution is 6.31. The number of pyridine rings is 1. The van der Waals surface area contributed by atoms with Crippen molar-refractivity contribution in [2.24, 2.45) is 0 Å². The topological polar surface area (TPSA) is 66.0 Å². The molecule has 7 heteroatoms. The van der Waals surface area contributed by atoms with Crippen LogP contribution < -0.4 is 10.5 Å². The van der Waals surface area contributed by atoms with Crippen LogP contribution in [0.3, 0.4) is 0 Å². The number of aromatic nitrogens is 3. The van der Waals surface area contributed by atoms with Gasteiger partial charge < -0.3 is 10.5 Å². The van der Waals surface area contributed by atoms with Gasteiger partial charge in [0, 0.05) is 11.2 Å². The summed E-state index contributed by atoms with van der Waals surface area (Å²) >= 11 is 12.0. The molecule has 0 spiro atoms. The van der Waals surface area contributed by atoms with Crippen LogP contribution in [-0.4, -0.2) is 21.6 Å². The predicted octanol–water partition coefficient (Wildman–Crippen LogP) is 3.32. The summed E-state index contributed by atoms with van der Waals surface area (Å²) in [5, 5.41) is 1.07. The summed E-state index contributed by atoms with van der Waals surface area (Å²) in [6.07, 6.45) is 1.54. The maximum atomic E-state index is 6.05. The number of fused-ring (bicyclic) bond motifs is 1. The maximum absolute atomic E-state index is 6.05. The van der Waals surface area contributed by atoms with Gasteiger partial charge in [0.05, 0.1) is 17.8 Å². The van der Waals surface area contributed by atoms with Crippen LogP contribution in [-0.2, 0) is 0 Å². The van der Waals surface area contributed by atoms with Crippen molar-refractivity contribution in [3.05, 3.63) is 40.5 Å². The fraction of sp³-hybridized carbons (Fsp3) is 0.0769.